The molecule has 0 spiro atoms. The molecule has 0 aliphatic carbocycles. The number of hydrogen-bond donors (Lipinski definition) is 1. The molecule has 1 N–H and O–H groups in total. The maximum atomic E-state index is 12.8. The van der Waals surface area contributed by atoms with Gasteiger partial charge in [0.15, 0.2) is 0 Å². The van der Waals surface area contributed by atoms with Crippen LogP contribution in [0.25, 0.3) is 11.4 Å². The van der Waals surface area contributed by atoms with E-state index < -0.39 is 10.0 Å². The fraction of sp³-hybridized carbons (Fsp3) is 0.238. The number of amides is 1. The zero-order chi connectivity index (χ0) is 20.6. The van der Waals surface area contributed by atoms with Crippen LogP contribution < -0.4 is 9.62 Å². The molecule has 1 aliphatic rings. The second-order valence-electron chi connectivity index (χ2n) is 7.18. The van der Waals surface area contributed by atoms with Crippen LogP contribution in [0.3, 0.4) is 0 Å². The Morgan fingerprint density at radius 1 is 1.17 bits per heavy atom. The molecule has 8 heteroatoms. The van der Waals surface area contributed by atoms with E-state index >= 15 is 0 Å². The number of aromatic nitrogens is 2. The highest BCUT2D eigenvalue weighted by atomic mass is 32.2. The number of fused-ring (bicyclic) bond motifs is 1. The van der Waals surface area contributed by atoms with Crippen LogP contribution >= 0.6 is 0 Å². The summed E-state index contributed by atoms with van der Waals surface area (Å²) in [4.78, 5) is 17.1. The Bertz CT molecular complexity index is 1180. The highest BCUT2D eigenvalue weighted by Crippen LogP contribution is 2.30. The number of nitrogens with one attached hydrogen (secondary N) is 1. The normalized spacial score (nSPS) is 13.8. The number of aryl methyl sites for hydroxylation is 2. The molecule has 29 heavy (non-hydrogen) atoms. The number of imidazole rings is 1. The van der Waals surface area contributed by atoms with Gasteiger partial charge >= 0.3 is 0 Å². The Hall–Kier alpha value is -3.13. The molecular formula is C21H22N4O3S. The Morgan fingerprint density at radius 3 is 2.72 bits per heavy atom. The minimum absolute atomic E-state index is 0.235. The van der Waals surface area contributed by atoms with Crippen molar-refractivity contribution < 1.29 is 13.2 Å². The number of rotatable bonds is 4. The highest BCUT2D eigenvalue weighted by Gasteiger charge is 2.24. The summed E-state index contributed by atoms with van der Waals surface area (Å²) in [6, 6.07) is 12.7. The maximum Gasteiger partial charge on any atom is 0.255 e. The number of benzene rings is 2. The molecule has 0 radical (unpaired) electrons. The van der Waals surface area contributed by atoms with Crippen LogP contribution in [0, 0.1) is 0 Å². The zero-order valence-corrected chi connectivity index (χ0v) is 17.1. The topological polar surface area (TPSA) is 84.3 Å². The van der Waals surface area contributed by atoms with Crippen LogP contribution in [0.5, 0.6) is 0 Å². The minimum Gasteiger partial charge on any atom is -0.334 e. The van der Waals surface area contributed by atoms with Crippen LogP contribution in [-0.2, 0) is 23.5 Å². The second-order valence-corrected chi connectivity index (χ2v) is 9.09. The van der Waals surface area contributed by atoms with E-state index in [1.807, 2.05) is 42.1 Å². The third-order valence-corrected chi connectivity index (χ3v) is 6.20. The minimum atomic E-state index is -3.33. The summed E-state index contributed by atoms with van der Waals surface area (Å²) in [5.74, 6) is 0.581. The lowest BCUT2D eigenvalue weighted by Gasteiger charge is -2.29. The van der Waals surface area contributed by atoms with E-state index in [-0.39, 0.29) is 5.91 Å². The molecule has 0 saturated heterocycles. The van der Waals surface area contributed by atoms with Crippen molar-refractivity contribution in [2.24, 2.45) is 7.05 Å². The van der Waals surface area contributed by atoms with Crippen molar-refractivity contribution in [2.75, 3.05) is 22.4 Å². The van der Waals surface area contributed by atoms with E-state index in [1.165, 1.54) is 10.6 Å². The first-order valence-electron chi connectivity index (χ1n) is 9.33. The lowest BCUT2D eigenvalue weighted by Crippen LogP contribution is -2.34. The summed E-state index contributed by atoms with van der Waals surface area (Å²) in [5.41, 5.74) is 3.61. The van der Waals surface area contributed by atoms with E-state index in [0.29, 0.717) is 23.5 Å². The Morgan fingerprint density at radius 2 is 2.00 bits per heavy atom. The first kappa shape index (κ1) is 19.2. The molecule has 4 rings (SSSR count). The van der Waals surface area contributed by atoms with Crippen LogP contribution in [0.4, 0.5) is 11.4 Å². The Balaban J connectivity index is 1.58. The SMILES string of the molecule is Cn1ccnc1-c1cccc(NC(=O)c2ccc3c(c2)CCCN3S(C)(=O)=O)c1. The Kier molecular flexibility index (Phi) is 4.87. The first-order chi connectivity index (χ1) is 13.8. The van der Waals surface area contributed by atoms with Crippen LogP contribution in [-0.4, -0.2) is 36.7 Å². The van der Waals surface area contributed by atoms with Crippen molar-refractivity contribution in [1.82, 2.24) is 9.55 Å². The van der Waals surface area contributed by atoms with Crippen LogP contribution in [0.1, 0.15) is 22.3 Å². The van der Waals surface area contributed by atoms with Gasteiger partial charge in [0.1, 0.15) is 5.82 Å². The standard InChI is InChI=1S/C21H22N4O3S/c1-24-12-10-22-20(24)16-5-3-7-18(14-16)23-21(26)17-8-9-19-15(13-17)6-4-11-25(19)29(2,27)28/h3,5,7-10,12-14H,4,6,11H2,1-2H3,(H,23,26). The third-order valence-electron chi connectivity index (χ3n) is 5.02. The highest BCUT2D eigenvalue weighted by molar-refractivity contribution is 7.92. The van der Waals surface area contributed by atoms with Crippen molar-refractivity contribution in [1.29, 1.82) is 0 Å². The summed E-state index contributed by atoms with van der Waals surface area (Å²) in [6.07, 6.45) is 6.28. The molecule has 2 aromatic carbocycles. The molecule has 1 aliphatic heterocycles. The lowest BCUT2D eigenvalue weighted by molar-refractivity contribution is 0.102. The van der Waals surface area contributed by atoms with E-state index in [9.17, 15) is 13.2 Å². The average molecular weight is 410 g/mol. The molecule has 7 nitrogen and oxygen atoms in total. The third kappa shape index (κ3) is 3.88. The van der Waals surface area contributed by atoms with Crippen molar-refractivity contribution >= 4 is 27.3 Å². The van der Waals surface area contributed by atoms with Gasteiger partial charge in [-0.15, -0.1) is 0 Å². The maximum absolute atomic E-state index is 12.8. The predicted octanol–water partition coefficient (Wildman–Crippen LogP) is 3.05. The largest absolute Gasteiger partial charge is 0.334 e. The number of carbonyl (C=O) groups is 1. The van der Waals surface area contributed by atoms with Gasteiger partial charge in [0.25, 0.3) is 5.91 Å². The molecule has 3 aromatic rings. The molecule has 0 unspecified atom stereocenters. The van der Waals surface area contributed by atoms with Gasteiger partial charge in [-0.05, 0) is 48.7 Å². The lowest BCUT2D eigenvalue weighted by atomic mass is 10.0. The molecule has 1 amide bonds. The summed E-state index contributed by atoms with van der Waals surface area (Å²) in [5, 5.41) is 2.92. The van der Waals surface area contributed by atoms with Gasteiger partial charge in [-0.3, -0.25) is 9.10 Å². The number of hydrogen-bond acceptors (Lipinski definition) is 4. The number of carbonyl (C=O) groups excluding carboxylic acids is 1. The van der Waals surface area contributed by atoms with Crippen molar-refractivity contribution in [2.45, 2.75) is 12.8 Å². The number of anilines is 2. The fourth-order valence-corrected chi connectivity index (χ4v) is 4.63. The van der Waals surface area contributed by atoms with Crippen molar-refractivity contribution in [3.05, 3.63) is 66.0 Å². The molecular weight excluding hydrogens is 388 g/mol. The van der Waals surface area contributed by atoms with Gasteiger partial charge in [0.05, 0.1) is 11.9 Å². The molecule has 0 saturated carbocycles. The Labute approximate surface area is 170 Å². The van der Waals surface area contributed by atoms with E-state index in [0.717, 1.165) is 29.8 Å². The van der Waals surface area contributed by atoms with Gasteiger partial charge in [-0.25, -0.2) is 13.4 Å². The molecule has 0 bridgehead atoms. The number of nitrogens with zero attached hydrogens (tertiary/aromatic N) is 3. The van der Waals surface area contributed by atoms with Gasteiger partial charge in [0, 0.05) is 42.8 Å². The first-order valence-corrected chi connectivity index (χ1v) is 11.2. The van der Waals surface area contributed by atoms with Crippen molar-refractivity contribution in [3.8, 4) is 11.4 Å². The van der Waals surface area contributed by atoms with Crippen molar-refractivity contribution in [3.63, 3.8) is 0 Å². The fourth-order valence-electron chi connectivity index (χ4n) is 3.63. The molecule has 2 heterocycles. The van der Waals surface area contributed by atoms with E-state index in [2.05, 4.69) is 10.3 Å². The van der Waals surface area contributed by atoms with Gasteiger partial charge in [-0.2, -0.15) is 0 Å². The smallest absolute Gasteiger partial charge is 0.255 e. The van der Waals surface area contributed by atoms with Crippen LogP contribution in [0.2, 0.25) is 0 Å². The molecule has 0 fully saturated rings. The average Bonchev–Trinajstić information content (AvgIpc) is 3.12. The summed E-state index contributed by atoms with van der Waals surface area (Å²) < 4.78 is 27.3. The summed E-state index contributed by atoms with van der Waals surface area (Å²) >= 11 is 0. The molecule has 150 valence electrons. The summed E-state index contributed by atoms with van der Waals surface area (Å²) in [7, 11) is -1.41. The van der Waals surface area contributed by atoms with Crippen LogP contribution in [0.15, 0.2) is 54.9 Å². The van der Waals surface area contributed by atoms with E-state index in [1.54, 1.807) is 24.4 Å². The molecule has 1 aromatic heterocycles. The second kappa shape index (κ2) is 7.36. The monoisotopic (exact) mass is 410 g/mol. The van der Waals surface area contributed by atoms with E-state index in [4.69, 9.17) is 0 Å². The molecule has 0 atom stereocenters. The predicted molar refractivity (Wildman–Crippen MR) is 114 cm³/mol. The quantitative estimate of drug-likeness (QED) is 0.716. The van der Waals surface area contributed by atoms with Gasteiger partial charge in [0.2, 0.25) is 10.0 Å². The van der Waals surface area contributed by atoms with Gasteiger partial charge in [-0.1, -0.05) is 12.1 Å². The zero-order valence-electron chi connectivity index (χ0n) is 16.3. The number of sulfonamides is 1. The summed E-state index contributed by atoms with van der Waals surface area (Å²) in [6.45, 7) is 0.470. The van der Waals surface area contributed by atoms with Gasteiger partial charge < -0.3 is 9.88 Å².